The Hall–Kier alpha value is -2.77. The van der Waals surface area contributed by atoms with Crippen LogP contribution in [0.1, 0.15) is 35.8 Å². The van der Waals surface area contributed by atoms with Gasteiger partial charge in [0.05, 0.1) is 18.2 Å². The Bertz CT molecular complexity index is 716. The van der Waals surface area contributed by atoms with E-state index in [4.69, 9.17) is 4.74 Å². The zero-order chi connectivity index (χ0) is 19.2. The molecule has 0 radical (unpaired) electrons. The Morgan fingerprint density at radius 3 is 2.38 bits per heavy atom. The van der Waals surface area contributed by atoms with E-state index in [1.165, 1.54) is 18.3 Å². The first-order chi connectivity index (χ1) is 12.3. The average Bonchev–Trinajstić information content (AvgIpc) is 2.60. The molecule has 5 nitrogen and oxygen atoms in total. The number of benzene rings is 1. The normalized spacial score (nSPS) is 12.3. The van der Waals surface area contributed by atoms with Gasteiger partial charge in [-0.1, -0.05) is 12.1 Å². The Morgan fingerprint density at radius 2 is 1.85 bits per heavy atom. The highest BCUT2D eigenvalue weighted by molar-refractivity contribution is 5.94. The topological polar surface area (TPSA) is 60.5 Å². The summed E-state index contributed by atoms with van der Waals surface area (Å²) in [5.74, 6) is 0.160. The summed E-state index contributed by atoms with van der Waals surface area (Å²) in [4.78, 5) is 15.9. The van der Waals surface area contributed by atoms with Crippen molar-refractivity contribution in [3.63, 3.8) is 0 Å². The molecule has 8 heteroatoms. The van der Waals surface area contributed by atoms with Crippen LogP contribution in [0.3, 0.4) is 0 Å². The molecule has 0 aliphatic carbocycles. The molecule has 140 valence electrons. The molecular formula is C18H19F3N2O3. The summed E-state index contributed by atoms with van der Waals surface area (Å²) in [6.45, 7) is 2.85. The first kappa shape index (κ1) is 19.6. The number of nitrogens with one attached hydrogen (secondary N) is 1. The number of halogens is 3. The maximum absolute atomic E-state index is 12.2. The standard InChI is InChI=1S/C18H19F3N2O3/c1-3-25-15-7-4-13(5-8-15)12(2)23-17(24)14-6-9-16(22-10-14)26-11-18(19,20)21/h4-10,12H,3,11H2,1-2H3,(H,23,24)/t12-/m0/s1. The zero-order valence-corrected chi connectivity index (χ0v) is 14.3. The Kier molecular flexibility index (Phi) is 6.43. The molecule has 26 heavy (non-hydrogen) atoms. The predicted molar refractivity (Wildman–Crippen MR) is 89.3 cm³/mol. The number of carbonyl (C=O) groups is 1. The van der Waals surface area contributed by atoms with Crippen LogP contribution in [0, 0.1) is 0 Å². The summed E-state index contributed by atoms with van der Waals surface area (Å²) >= 11 is 0. The molecule has 0 unspecified atom stereocenters. The van der Waals surface area contributed by atoms with Crippen molar-refractivity contribution in [3.8, 4) is 11.6 Å². The van der Waals surface area contributed by atoms with Gasteiger partial charge in [-0.05, 0) is 37.6 Å². The van der Waals surface area contributed by atoms with Gasteiger partial charge in [0, 0.05) is 12.3 Å². The van der Waals surface area contributed by atoms with Crippen LogP contribution in [0.2, 0.25) is 0 Å². The van der Waals surface area contributed by atoms with Crippen molar-refractivity contribution in [2.24, 2.45) is 0 Å². The molecule has 0 saturated carbocycles. The van der Waals surface area contributed by atoms with E-state index in [1.807, 2.05) is 38.1 Å². The van der Waals surface area contributed by atoms with Crippen LogP contribution in [0.15, 0.2) is 42.6 Å². The quantitative estimate of drug-likeness (QED) is 0.805. The fourth-order valence-electron chi connectivity index (χ4n) is 2.14. The van der Waals surface area contributed by atoms with E-state index in [0.29, 0.717) is 6.61 Å². The molecule has 1 aromatic carbocycles. The van der Waals surface area contributed by atoms with E-state index in [-0.39, 0.29) is 23.4 Å². The van der Waals surface area contributed by atoms with Gasteiger partial charge < -0.3 is 14.8 Å². The van der Waals surface area contributed by atoms with Gasteiger partial charge in [0.25, 0.3) is 5.91 Å². The molecule has 2 rings (SSSR count). The SMILES string of the molecule is CCOc1ccc([C@H](C)NC(=O)c2ccc(OCC(F)(F)F)nc2)cc1. The van der Waals surface area contributed by atoms with Gasteiger partial charge in [-0.15, -0.1) is 0 Å². The minimum absolute atomic E-state index is 0.196. The summed E-state index contributed by atoms with van der Waals surface area (Å²) in [7, 11) is 0. The molecule has 1 heterocycles. The second kappa shape index (κ2) is 8.55. The van der Waals surface area contributed by atoms with Crippen molar-refractivity contribution in [1.82, 2.24) is 10.3 Å². The molecular weight excluding hydrogens is 349 g/mol. The number of carbonyl (C=O) groups excluding carboxylic acids is 1. The predicted octanol–water partition coefficient (Wildman–Crippen LogP) is 3.91. The van der Waals surface area contributed by atoms with Crippen LogP contribution < -0.4 is 14.8 Å². The van der Waals surface area contributed by atoms with Crippen molar-refractivity contribution >= 4 is 5.91 Å². The second-order valence-electron chi connectivity index (χ2n) is 5.49. The monoisotopic (exact) mass is 368 g/mol. The maximum Gasteiger partial charge on any atom is 0.422 e. The highest BCUT2D eigenvalue weighted by atomic mass is 19.4. The number of hydrogen-bond acceptors (Lipinski definition) is 4. The number of alkyl halides is 3. The van der Waals surface area contributed by atoms with Crippen LogP contribution in [0.4, 0.5) is 13.2 Å². The first-order valence-corrected chi connectivity index (χ1v) is 7.97. The average molecular weight is 368 g/mol. The van der Waals surface area contributed by atoms with E-state index in [2.05, 4.69) is 15.0 Å². The third kappa shape index (κ3) is 5.94. The number of rotatable bonds is 7. The fraction of sp³-hybridized carbons (Fsp3) is 0.333. The van der Waals surface area contributed by atoms with Crippen LogP contribution >= 0.6 is 0 Å². The third-order valence-corrected chi connectivity index (χ3v) is 3.42. The number of amides is 1. The number of pyridine rings is 1. The van der Waals surface area contributed by atoms with Crippen molar-refractivity contribution in [2.45, 2.75) is 26.1 Å². The summed E-state index contributed by atoms with van der Waals surface area (Å²) in [6, 6.07) is 9.65. The molecule has 0 aliphatic heterocycles. The number of hydrogen-bond donors (Lipinski definition) is 1. The van der Waals surface area contributed by atoms with E-state index < -0.39 is 12.8 Å². The Morgan fingerprint density at radius 1 is 1.15 bits per heavy atom. The lowest BCUT2D eigenvalue weighted by molar-refractivity contribution is -0.154. The molecule has 1 atom stereocenters. The van der Waals surface area contributed by atoms with Crippen LogP contribution in [-0.2, 0) is 0 Å². The highest BCUT2D eigenvalue weighted by Crippen LogP contribution is 2.19. The molecule has 1 N–H and O–H groups in total. The van der Waals surface area contributed by atoms with Crippen LogP contribution in [0.25, 0.3) is 0 Å². The Balaban J connectivity index is 1.94. The van der Waals surface area contributed by atoms with E-state index >= 15 is 0 Å². The molecule has 1 amide bonds. The molecule has 2 aromatic rings. The molecule has 0 fully saturated rings. The highest BCUT2D eigenvalue weighted by Gasteiger charge is 2.28. The fourth-order valence-corrected chi connectivity index (χ4v) is 2.14. The molecule has 0 saturated heterocycles. The molecule has 0 bridgehead atoms. The molecule has 0 spiro atoms. The van der Waals surface area contributed by atoms with Crippen molar-refractivity contribution in [2.75, 3.05) is 13.2 Å². The van der Waals surface area contributed by atoms with Crippen LogP contribution in [0.5, 0.6) is 11.6 Å². The van der Waals surface area contributed by atoms with Gasteiger partial charge in [-0.2, -0.15) is 13.2 Å². The van der Waals surface area contributed by atoms with Gasteiger partial charge in [0.2, 0.25) is 5.88 Å². The zero-order valence-electron chi connectivity index (χ0n) is 14.3. The maximum atomic E-state index is 12.2. The second-order valence-corrected chi connectivity index (χ2v) is 5.49. The number of nitrogens with zero attached hydrogens (tertiary/aromatic N) is 1. The van der Waals surface area contributed by atoms with Crippen molar-refractivity contribution < 1.29 is 27.4 Å². The lowest BCUT2D eigenvalue weighted by Crippen LogP contribution is -2.26. The minimum Gasteiger partial charge on any atom is -0.494 e. The summed E-state index contributed by atoms with van der Waals surface area (Å²) < 4.78 is 46.2. The summed E-state index contributed by atoms with van der Waals surface area (Å²) in [6.07, 6.45) is -3.27. The van der Waals surface area contributed by atoms with Gasteiger partial charge >= 0.3 is 6.18 Å². The first-order valence-electron chi connectivity index (χ1n) is 7.97. The summed E-state index contributed by atoms with van der Waals surface area (Å²) in [5, 5.41) is 2.80. The third-order valence-electron chi connectivity index (χ3n) is 3.42. The van der Waals surface area contributed by atoms with Gasteiger partial charge in [0.1, 0.15) is 5.75 Å². The Labute approximate surface area is 149 Å². The van der Waals surface area contributed by atoms with Gasteiger partial charge in [0.15, 0.2) is 6.61 Å². The number of aromatic nitrogens is 1. The van der Waals surface area contributed by atoms with E-state index in [1.54, 1.807) is 0 Å². The van der Waals surface area contributed by atoms with Gasteiger partial charge in [-0.3, -0.25) is 4.79 Å². The molecule has 0 aliphatic rings. The van der Waals surface area contributed by atoms with E-state index in [9.17, 15) is 18.0 Å². The molecule has 1 aromatic heterocycles. The minimum atomic E-state index is -4.44. The van der Waals surface area contributed by atoms with Crippen LogP contribution in [-0.4, -0.2) is 30.3 Å². The smallest absolute Gasteiger partial charge is 0.422 e. The number of ether oxygens (including phenoxy) is 2. The largest absolute Gasteiger partial charge is 0.494 e. The van der Waals surface area contributed by atoms with Gasteiger partial charge in [-0.25, -0.2) is 4.98 Å². The summed E-state index contributed by atoms with van der Waals surface area (Å²) in [5.41, 5.74) is 1.11. The van der Waals surface area contributed by atoms with E-state index in [0.717, 1.165) is 11.3 Å². The van der Waals surface area contributed by atoms with Crippen molar-refractivity contribution in [3.05, 3.63) is 53.7 Å². The lowest BCUT2D eigenvalue weighted by Gasteiger charge is -2.15. The lowest BCUT2D eigenvalue weighted by atomic mass is 10.1. The van der Waals surface area contributed by atoms with Crippen molar-refractivity contribution in [1.29, 1.82) is 0 Å².